The molecular weight excluding hydrogens is 402 g/mol. The third-order valence-electron chi connectivity index (χ3n) is 6.46. The number of halogens is 2. The number of benzene rings is 2. The molecular formula is C29H36F2O. The highest BCUT2D eigenvalue weighted by atomic mass is 19.2. The lowest BCUT2D eigenvalue weighted by Crippen LogP contribution is -2.12. The van der Waals surface area contributed by atoms with Crippen LogP contribution in [0.1, 0.15) is 94.2 Å². The molecule has 0 amide bonds. The van der Waals surface area contributed by atoms with Crippen LogP contribution in [0.2, 0.25) is 0 Å². The minimum absolute atomic E-state index is 0.0228. The third kappa shape index (κ3) is 6.83. The van der Waals surface area contributed by atoms with Gasteiger partial charge in [0.15, 0.2) is 11.6 Å². The highest BCUT2D eigenvalue weighted by molar-refractivity contribution is 5.41. The molecule has 0 heterocycles. The van der Waals surface area contributed by atoms with Crippen molar-refractivity contribution in [1.29, 1.82) is 0 Å². The van der Waals surface area contributed by atoms with Gasteiger partial charge in [0.1, 0.15) is 0 Å². The smallest absolute Gasteiger partial charge is 0.201 e. The van der Waals surface area contributed by atoms with Gasteiger partial charge in [-0.3, -0.25) is 0 Å². The molecule has 0 N–H and O–H groups in total. The first-order valence-electron chi connectivity index (χ1n) is 12.3. The van der Waals surface area contributed by atoms with Crippen molar-refractivity contribution in [3.8, 4) is 17.6 Å². The summed E-state index contributed by atoms with van der Waals surface area (Å²) in [6.07, 6.45) is 10.7. The van der Waals surface area contributed by atoms with Crippen molar-refractivity contribution in [2.24, 2.45) is 5.92 Å². The molecule has 32 heavy (non-hydrogen) atoms. The van der Waals surface area contributed by atoms with Gasteiger partial charge in [-0.1, -0.05) is 69.2 Å². The topological polar surface area (TPSA) is 9.23 Å². The lowest BCUT2D eigenvalue weighted by atomic mass is 9.78. The van der Waals surface area contributed by atoms with Crippen molar-refractivity contribution in [3.05, 3.63) is 64.7 Å². The molecule has 2 aromatic rings. The van der Waals surface area contributed by atoms with Gasteiger partial charge < -0.3 is 4.74 Å². The van der Waals surface area contributed by atoms with Gasteiger partial charge in [-0.2, -0.15) is 4.39 Å². The zero-order chi connectivity index (χ0) is 22.8. The zero-order valence-electron chi connectivity index (χ0n) is 19.6. The molecule has 0 aromatic heterocycles. The molecule has 0 aliphatic heterocycles. The maximum absolute atomic E-state index is 14.4. The average Bonchev–Trinajstić information content (AvgIpc) is 2.83. The van der Waals surface area contributed by atoms with Crippen LogP contribution in [-0.4, -0.2) is 6.61 Å². The second kappa shape index (κ2) is 12.6. The average molecular weight is 439 g/mol. The summed E-state index contributed by atoms with van der Waals surface area (Å²) in [5.74, 6) is 5.04. The molecule has 1 aliphatic carbocycles. The van der Waals surface area contributed by atoms with E-state index in [0.717, 1.165) is 51.4 Å². The summed E-state index contributed by atoms with van der Waals surface area (Å²) in [6, 6.07) is 12.1. The largest absolute Gasteiger partial charge is 0.490 e. The van der Waals surface area contributed by atoms with E-state index in [0.29, 0.717) is 12.5 Å². The normalized spacial score (nSPS) is 18.1. The third-order valence-corrected chi connectivity index (χ3v) is 6.46. The van der Waals surface area contributed by atoms with Crippen molar-refractivity contribution < 1.29 is 13.5 Å². The van der Waals surface area contributed by atoms with Crippen molar-refractivity contribution in [2.75, 3.05) is 6.61 Å². The Morgan fingerprint density at radius 3 is 2.25 bits per heavy atom. The lowest BCUT2D eigenvalue weighted by molar-refractivity contribution is 0.286. The molecule has 172 valence electrons. The molecule has 0 bridgehead atoms. The summed E-state index contributed by atoms with van der Waals surface area (Å²) < 4.78 is 34.1. The second-order valence-electron chi connectivity index (χ2n) is 8.96. The van der Waals surface area contributed by atoms with Crippen LogP contribution in [0.15, 0.2) is 36.4 Å². The van der Waals surface area contributed by atoms with Crippen LogP contribution < -0.4 is 4.74 Å². The fourth-order valence-electron chi connectivity index (χ4n) is 4.36. The van der Waals surface area contributed by atoms with Gasteiger partial charge in [-0.05, 0) is 74.1 Å². The number of rotatable bonds is 9. The standard InChI is InChI=1S/C29H36F2O/c1-3-5-7-21-32-27-20-19-26(28(30)29(27)31)18-13-23-11-16-25(17-12-23)24-14-9-22(10-15-24)8-6-4-2/h9-10,14-15,19-20,23,25H,3-8,11-12,16-17,21H2,1-2H3. The minimum atomic E-state index is -0.931. The number of hydrogen-bond donors (Lipinski definition) is 0. The van der Waals surface area contributed by atoms with Crippen LogP contribution in [0, 0.1) is 29.4 Å². The zero-order valence-corrected chi connectivity index (χ0v) is 19.6. The Kier molecular flexibility index (Phi) is 9.60. The Balaban J connectivity index is 1.53. The maximum atomic E-state index is 14.4. The van der Waals surface area contributed by atoms with Crippen molar-refractivity contribution in [2.45, 2.75) is 84.0 Å². The summed E-state index contributed by atoms with van der Waals surface area (Å²) >= 11 is 0. The lowest BCUT2D eigenvalue weighted by Gasteiger charge is -2.26. The molecule has 3 rings (SSSR count). The van der Waals surface area contributed by atoms with Crippen LogP contribution in [-0.2, 0) is 6.42 Å². The molecule has 1 nitrogen and oxygen atoms in total. The fourth-order valence-corrected chi connectivity index (χ4v) is 4.36. The number of hydrogen-bond acceptors (Lipinski definition) is 1. The van der Waals surface area contributed by atoms with Crippen LogP contribution in [0.4, 0.5) is 8.78 Å². The van der Waals surface area contributed by atoms with Crippen molar-refractivity contribution >= 4 is 0 Å². The van der Waals surface area contributed by atoms with E-state index in [1.54, 1.807) is 0 Å². The first kappa shape index (κ1) is 24.3. The predicted octanol–water partition coefficient (Wildman–Crippen LogP) is 8.20. The maximum Gasteiger partial charge on any atom is 0.201 e. The van der Waals surface area contributed by atoms with E-state index >= 15 is 0 Å². The quantitative estimate of drug-likeness (QED) is 0.283. The Morgan fingerprint density at radius 1 is 0.844 bits per heavy atom. The summed E-state index contributed by atoms with van der Waals surface area (Å²) in [5, 5.41) is 0. The van der Waals surface area contributed by atoms with E-state index < -0.39 is 11.6 Å². The van der Waals surface area contributed by atoms with E-state index in [1.165, 1.54) is 36.1 Å². The molecule has 0 unspecified atom stereocenters. The highest BCUT2D eigenvalue weighted by Gasteiger charge is 2.21. The van der Waals surface area contributed by atoms with Gasteiger partial charge in [0.05, 0.1) is 12.2 Å². The summed E-state index contributed by atoms with van der Waals surface area (Å²) in [6.45, 7) is 4.71. The van der Waals surface area contributed by atoms with Gasteiger partial charge in [0.25, 0.3) is 0 Å². The summed E-state index contributed by atoms with van der Waals surface area (Å²) in [4.78, 5) is 0. The van der Waals surface area contributed by atoms with Gasteiger partial charge in [0, 0.05) is 5.92 Å². The molecule has 1 aliphatic rings. The van der Waals surface area contributed by atoms with Crippen molar-refractivity contribution in [1.82, 2.24) is 0 Å². The molecule has 1 fully saturated rings. The SMILES string of the molecule is CCCCCOc1ccc(C#CC2CCC(c3ccc(CCCC)cc3)CC2)c(F)c1F. The Morgan fingerprint density at radius 2 is 1.56 bits per heavy atom. The van der Waals surface area contributed by atoms with Crippen LogP contribution in [0.3, 0.4) is 0 Å². The van der Waals surface area contributed by atoms with E-state index in [4.69, 9.17) is 4.74 Å². The second-order valence-corrected chi connectivity index (χ2v) is 8.96. The van der Waals surface area contributed by atoms with E-state index in [9.17, 15) is 8.78 Å². The Labute approximate surface area is 192 Å². The Bertz CT molecular complexity index is 899. The van der Waals surface area contributed by atoms with Gasteiger partial charge in [-0.25, -0.2) is 4.39 Å². The first-order chi connectivity index (χ1) is 15.6. The molecule has 0 saturated heterocycles. The minimum Gasteiger partial charge on any atom is -0.490 e. The Hall–Kier alpha value is -2.34. The molecule has 0 spiro atoms. The molecule has 2 aromatic carbocycles. The van der Waals surface area contributed by atoms with Crippen LogP contribution >= 0.6 is 0 Å². The van der Waals surface area contributed by atoms with E-state index in [-0.39, 0.29) is 17.2 Å². The monoisotopic (exact) mass is 438 g/mol. The van der Waals surface area contributed by atoms with Crippen LogP contribution in [0.5, 0.6) is 5.75 Å². The number of unbranched alkanes of at least 4 members (excludes halogenated alkanes) is 3. The molecule has 1 saturated carbocycles. The fraction of sp³-hybridized carbons (Fsp3) is 0.517. The van der Waals surface area contributed by atoms with Crippen LogP contribution in [0.25, 0.3) is 0 Å². The summed E-state index contributed by atoms with van der Waals surface area (Å²) in [7, 11) is 0. The molecule has 0 radical (unpaired) electrons. The predicted molar refractivity (Wildman–Crippen MR) is 128 cm³/mol. The summed E-state index contributed by atoms with van der Waals surface area (Å²) in [5.41, 5.74) is 2.95. The van der Waals surface area contributed by atoms with Gasteiger partial charge >= 0.3 is 0 Å². The molecule has 0 atom stereocenters. The molecule has 3 heteroatoms. The van der Waals surface area contributed by atoms with E-state index in [2.05, 4.69) is 50.0 Å². The highest BCUT2D eigenvalue weighted by Crippen LogP contribution is 2.35. The number of ether oxygens (including phenoxy) is 1. The van der Waals surface area contributed by atoms with Gasteiger partial charge in [-0.15, -0.1) is 0 Å². The van der Waals surface area contributed by atoms with Gasteiger partial charge in [0.2, 0.25) is 5.82 Å². The van der Waals surface area contributed by atoms with Crippen molar-refractivity contribution in [3.63, 3.8) is 0 Å². The number of aryl methyl sites for hydroxylation is 1. The van der Waals surface area contributed by atoms with E-state index in [1.807, 2.05) is 0 Å². The first-order valence-corrected chi connectivity index (χ1v) is 12.3.